The number of hydrogen-bond acceptors (Lipinski definition) is 2. The maximum atomic E-state index is 5.94. The lowest BCUT2D eigenvalue weighted by atomic mass is 10.1. The molecular weight excluding hydrogens is 254 g/mol. The van der Waals surface area contributed by atoms with Crippen molar-refractivity contribution in [3.05, 3.63) is 28.2 Å². The Morgan fingerprint density at radius 2 is 2.07 bits per heavy atom. The zero-order valence-electron chi connectivity index (χ0n) is 9.51. The Bertz CT molecular complexity index is 336. The maximum Gasteiger partial charge on any atom is 0.125 e. The first-order chi connectivity index (χ1) is 7.00. The molecule has 2 nitrogen and oxygen atoms in total. The smallest absolute Gasteiger partial charge is 0.125 e. The van der Waals surface area contributed by atoms with Gasteiger partial charge in [0.1, 0.15) is 11.4 Å². The first kappa shape index (κ1) is 12.5. The summed E-state index contributed by atoms with van der Waals surface area (Å²) in [6.07, 6.45) is 0.962. The van der Waals surface area contributed by atoms with Gasteiger partial charge in [0.25, 0.3) is 0 Å². The van der Waals surface area contributed by atoms with Gasteiger partial charge in [0.2, 0.25) is 0 Å². The van der Waals surface area contributed by atoms with Gasteiger partial charge >= 0.3 is 0 Å². The summed E-state index contributed by atoms with van der Waals surface area (Å²) in [4.78, 5) is 0. The lowest BCUT2D eigenvalue weighted by Gasteiger charge is -2.26. The molecule has 0 radical (unpaired) electrons. The lowest BCUT2D eigenvalue weighted by molar-refractivity contribution is 0.104. The molecule has 15 heavy (non-hydrogen) atoms. The van der Waals surface area contributed by atoms with Crippen LogP contribution in [0.15, 0.2) is 22.7 Å². The van der Waals surface area contributed by atoms with E-state index in [9.17, 15) is 0 Å². The third-order valence-corrected chi connectivity index (χ3v) is 3.26. The van der Waals surface area contributed by atoms with Crippen molar-refractivity contribution in [2.24, 2.45) is 5.73 Å². The third-order valence-electron chi connectivity index (χ3n) is 2.52. The van der Waals surface area contributed by atoms with Gasteiger partial charge in [0.15, 0.2) is 0 Å². The van der Waals surface area contributed by atoms with E-state index in [1.54, 1.807) is 0 Å². The Morgan fingerprint density at radius 3 is 2.60 bits per heavy atom. The summed E-state index contributed by atoms with van der Waals surface area (Å²) in [6.45, 7) is 6.75. The second-order valence-corrected chi connectivity index (χ2v) is 4.99. The van der Waals surface area contributed by atoms with E-state index in [1.807, 2.05) is 18.2 Å². The third kappa shape index (κ3) is 3.21. The minimum Gasteiger partial charge on any atom is -0.488 e. The van der Waals surface area contributed by atoms with E-state index in [2.05, 4.69) is 36.7 Å². The lowest BCUT2D eigenvalue weighted by Crippen LogP contribution is -2.27. The fourth-order valence-electron chi connectivity index (χ4n) is 1.20. The minimum atomic E-state index is -0.148. The van der Waals surface area contributed by atoms with Crippen molar-refractivity contribution in [3.8, 4) is 5.75 Å². The van der Waals surface area contributed by atoms with Gasteiger partial charge in [-0.3, -0.25) is 0 Å². The SMILES string of the molecule is CCC(C)(C)Oc1cccc(Br)c1CN. The van der Waals surface area contributed by atoms with Crippen LogP contribution in [0.2, 0.25) is 0 Å². The van der Waals surface area contributed by atoms with Crippen LogP contribution in [-0.4, -0.2) is 5.60 Å². The maximum absolute atomic E-state index is 5.94. The van der Waals surface area contributed by atoms with Gasteiger partial charge in [-0.2, -0.15) is 0 Å². The van der Waals surface area contributed by atoms with Crippen LogP contribution in [-0.2, 0) is 6.54 Å². The van der Waals surface area contributed by atoms with E-state index in [0.717, 1.165) is 22.2 Å². The Balaban J connectivity index is 2.99. The topological polar surface area (TPSA) is 35.2 Å². The molecule has 0 saturated heterocycles. The highest BCUT2D eigenvalue weighted by Gasteiger charge is 2.18. The zero-order chi connectivity index (χ0) is 11.5. The molecule has 0 aromatic heterocycles. The monoisotopic (exact) mass is 271 g/mol. The molecule has 1 aromatic carbocycles. The van der Waals surface area contributed by atoms with Crippen LogP contribution >= 0.6 is 15.9 Å². The summed E-state index contributed by atoms with van der Waals surface area (Å²) in [6, 6.07) is 5.91. The van der Waals surface area contributed by atoms with E-state index in [-0.39, 0.29) is 5.60 Å². The molecule has 84 valence electrons. The van der Waals surface area contributed by atoms with Crippen LogP contribution in [0, 0.1) is 0 Å². The van der Waals surface area contributed by atoms with Crippen LogP contribution in [0.3, 0.4) is 0 Å². The van der Waals surface area contributed by atoms with E-state index in [0.29, 0.717) is 6.54 Å². The molecule has 1 rings (SSSR count). The van der Waals surface area contributed by atoms with E-state index in [4.69, 9.17) is 10.5 Å². The van der Waals surface area contributed by atoms with Gasteiger partial charge in [-0.05, 0) is 32.4 Å². The molecule has 0 aliphatic heterocycles. The standard InChI is InChI=1S/C12H18BrNO/c1-4-12(2,3)15-11-7-5-6-10(13)9(11)8-14/h5-7H,4,8,14H2,1-3H3. The van der Waals surface area contributed by atoms with Crippen molar-refractivity contribution in [1.29, 1.82) is 0 Å². The highest BCUT2D eigenvalue weighted by Crippen LogP contribution is 2.29. The molecule has 0 atom stereocenters. The largest absolute Gasteiger partial charge is 0.488 e. The number of hydrogen-bond donors (Lipinski definition) is 1. The molecule has 0 unspecified atom stereocenters. The van der Waals surface area contributed by atoms with Crippen molar-refractivity contribution in [2.45, 2.75) is 39.3 Å². The molecule has 0 saturated carbocycles. The van der Waals surface area contributed by atoms with Gasteiger partial charge in [-0.1, -0.05) is 28.9 Å². The summed E-state index contributed by atoms with van der Waals surface area (Å²) in [5.41, 5.74) is 6.58. The molecule has 1 aromatic rings. The van der Waals surface area contributed by atoms with Gasteiger partial charge < -0.3 is 10.5 Å². The molecule has 0 bridgehead atoms. The molecule has 0 aliphatic carbocycles. The van der Waals surface area contributed by atoms with Crippen LogP contribution in [0.1, 0.15) is 32.8 Å². The molecule has 0 amide bonds. The average molecular weight is 272 g/mol. The number of ether oxygens (including phenoxy) is 1. The van der Waals surface area contributed by atoms with E-state index in [1.165, 1.54) is 0 Å². The highest BCUT2D eigenvalue weighted by molar-refractivity contribution is 9.10. The van der Waals surface area contributed by atoms with Crippen molar-refractivity contribution in [3.63, 3.8) is 0 Å². The Morgan fingerprint density at radius 1 is 1.40 bits per heavy atom. The van der Waals surface area contributed by atoms with Crippen LogP contribution in [0.25, 0.3) is 0 Å². The molecular formula is C12H18BrNO. The molecule has 2 N–H and O–H groups in total. The number of rotatable bonds is 4. The molecule has 0 spiro atoms. The summed E-state index contributed by atoms with van der Waals surface area (Å²) in [5, 5.41) is 0. The molecule has 0 fully saturated rings. The van der Waals surface area contributed by atoms with E-state index >= 15 is 0 Å². The average Bonchev–Trinajstić information content (AvgIpc) is 2.18. The number of benzene rings is 1. The first-order valence-corrected chi connectivity index (χ1v) is 5.96. The predicted molar refractivity (Wildman–Crippen MR) is 67.0 cm³/mol. The summed E-state index contributed by atoms with van der Waals surface area (Å²) >= 11 is 3.48. The van der Waals surface area contributed by atoms with Crippen molar-refractivity contribution >= 4 is 15.9 Å². The molecule has 0 aliphatic rings. The van der Waals surface area contributed by atoms with Crippen molar-refractivity contribution < 1.29 is 4.74 Å². The summed E-state index contributed by atoms with van der Waals surface area (Å²) < 4.78 is 6.95. The summed E-state index contributed by atoms with van der Waals surface area (Å²) in [5.74, 6) is 0.874. The Hall–Kier alpha value is -0.540. The van der Waals surface area contributed by atoms with Crippen molar-refractivity contribution in [1.82, 2.24) is 0 Å². The quantitative estimate of drug-likeness (QED) is 0.910. The summed E-state index contributed by atoms with van der Waals surface area (Å²) in [7, 11) is 0. The van der Waals surface area contributed by atoms with Gasteiger partial charge in [0, 0.05) is 16.6 Å². The Labute approximate surface area is 99.9 Å². The van der Waals surface area contributed by atoms with E-state index < -0.39 is 0 Å². The van der Waals surface area contributed by atoms with Crippen LogP contribution in [0.4, 0.5) is 0 Å². The van der Waals surface area contributed by atoms with Crippen LogP contribution in [0.5, 0.6) is 5.75 Å². The number of halogens is 1. The zero-order valence-corrected chi connectivity index (χ0v) is 11.1. The second kappa shape index (κ2) is 4.99. The first-order valence-electron chi connectivity index (χ1n) is 5.16. The van der Waals surface area contributed by atoms with Gasteiger partial charge in [-0.25, -0.2) is 0 Å². The normalized spacial score (nSPS) is 11.5. The molecule has 3 heteroatoms. The predicted octanol–water partition coefficient (Wildman–Crippen LogP) is 3.48. The second-order valence-electron chi connectivity index (χ2n) is 4.14. The Kier molecular flexibility index (Phi) is 4.17. The molecule has 0 heterocycles. The fraction of sp³-hybridized carbons (Fsp3) is 0.500. The highest BCUT2D eigenvalue weighted by atomic mass is 79.9. The van der Waals surface area contributed by atoms with Crippen LogP contribution < -0.4 is 10.5 Å². The van der Waals surface area contributed by atoms with Gasteiger partial charge in [0.05, 0.1) is 0 Å². The van der Waals surface area contributed by atoms with Gasteiger partial charge in [-0.15, -0.1) is 0 Å². The fourth-order valence-corrected chi connectivity index (χ4v) is 1.71. The number of nitrogens with two attached hydrogens (primary N) is 1. The minimum absolute atomic E-state index is 0.148. The van der Waals surface area contributed by atoms with Crippen molar-refractivity contribution in [2.75, 3.05) is 0 Å².